The molecule has 1 saturated heterocycles. The molecule has 1 aliphatic rings. The highest BCUT2D eigenvalue weighted by Gasteiger charge is 2.30. The summed E-state index contributed by atoms with van der Waals surface area (Å²) >= 11 is 0. The first kappa shape index (κ1) is 22.9. The lowest BCUT2D eigenvalue weighted by atomic mass is 9.84. The summed E-state index contributed by atoms with van der Waals surface area (Å²) in [5.41, 5.74) is 6.47. The third-order valence-corrected chi connectivity index (χ3v) is 7.54. The molecular weight excluding hydrogens is 418 g/mol. The molecule has 1 fully saturated rings. The lowest BCUT2D eigenvalue weighted by molar-refractivity contribution is 0.0949. The van der Waals surface area contributed by atoms with E-state index in [0.717, 1.165) is 38.3 Å². The number of nitrogens with one attached hydrogen (secondary N) is 1. The predicted octanol–water partition coefficient (Wildman–Crippen LogP) is 5.17. The normalized spacial score (nSPS) is 16.5. The second kappa shape index (κ2) is 10.2. The zero-order valence-electron chi connectivity index (χ0n) is 20.7. The molecule has 2 aromatic heterocycles. The molecule has 1 atom stereocenters. The summed E-state index contributed by atoms with van der Waals surface area (Å²) in [6.07, 6.45) is 5.76. The van der Waals surface area contributed by atoms with Crippen LogP contribution in [-0.4, -0.2) is 50.7 Å². The summed E-state index contributed by atoms with van der Waals surface area (Å²) in [5, 5.41) is 5.87. The number of nitrogens with zero attached hydrogens (tertiary/aromatic N) is 4. The van der Waals surface area contributed by atoms with Crippen LogP contribution in [0.4, 0.5) is 0 Å². The number of fused-ring (bicyclic) bond motifs is 1. The van der Waals surface area contributed by atoms with Crippen molar-refractivity contribution >= 4 is 10.9 Å². The molecule has 5 heteroatoms. The number of rotatable bonds is 8. The fourth-order valence-electron chi connectivity index (χ4n) is 5.68. The maximum atomic E-state index is 4.57. The summed E-state index contributed by atoms with van der Waals surface area (Å²) in [6, 6.07) is 22.4. The predicted molar refractivity (Wildman–Crippen MR) is 140 cm³/mol. The van der Waals surface area contributed by atoms with Crippen molar-refractivity contribution in [3.63, 3.8) is 0 Å². The van der Waals surface area contributed by atoms with Gasteiger partial charge in [0.05, 0.1) is 5.69 Å². The number of H-pyrrole nitrogens is 1. The van der Waals surface area contributed by atoms with E-state index >= 15 is 0 Å². The van der Waals surface area contributed by atoms with Crippen LogP contribution in [0.5, 0.6) is 0 Å². The Hall–Kier alpha value is -2.89. The Morgan fingerprint density at radius 2 is 1.79 bits per heavy atom. The Balaban J connectivity index is 1.26. The number of aromatic amines is 1. The first-order valence-corrected chi connectivity index (χ1v) is 12.6. The van der Waals surface area contributed by atoms with Crippen LogP contribution in [0.2, 0.25) is 0 Å². The molecule has 1 unspecified atom stereocenters. The zero-order chi connectivity index (χ0) is 23.5. The third kappa shape index (κ3) is 5.26. The number of benzene rings is 2. The maximum absolute atomic E-state index is 4.57. The van der Waals surface area contributed by atoms with E-state index in [4.69, 9.17) is 0 Å². The van der Waals surface area contributed by atoms with Gasteiger partial charge in [0.1, 0.15) is 0 Å². The molecule has 3 heterocycles. The Bertz CT molecular complexity index is 1170. The average molecular weight is 456 g/mol. The molecule has 1 aliphatic heterocycles. The van der Waals surface area contributed by atoms with E-state index < -0.39 is 0 Å². The van der Waals surface area contributed by atoms with Crippen molar-refractivity contribution < 1.29 is 0 Å². The van der Waals surface area contributed by atoms with E-state index in [2.05, 4.69) is 101 Å². The number of aryl methyl sites for hydroxylation is 2. The molecule has 1 N–H and O–H groups in total. The standard InChI is InChI=1S/C29H37N5/c1-22-26(20-33(3)31-22)19-32(2)29(17-23-9-5-4-6-10-23)24-13-15-34(16-14-24)21-27-18-25-11-7-8-12-28(25)30-27/h4-12,18,20,24,29-30H,13-17,19,21H2,1-3H3. The van der Waals surface area contributed by atoms with Gasteiger partial charge in [-0.05, 0) is 75.3 Å². The van der Waals surface area contributed by atoms with Crippen molar-refractivity contribution in [2.24, 2.45) is 13.0 Å². The van der Waals surface area contributed by atoms with Crippen LogP contribution in [0, 0.1) is 12.8 Å². The van der Waals surface area contributed by atoms with E-state index in [0.29, 0.717) is 12.0 Å². The number of hydrogen-bond acceptors (Lipinski definition) is 3. The SMILES string of the molecule is Cc1nn(C)cc1CN(C)C(Cc1ccccc1)C1CCN(Cc2cc3ccccc3[nH]2)CC1. The Morgan fingerprint density at radius 3 is 2.50 bits per heavy atom. The third-order valence-electron chi connectivity index (χ3n) is 7.54. The van der Waals surface area contributed by atoms with Crippen molar-refractivity contribution in [2.45, 2.75) is 45.3 Å². The molecule has 0 aliphatic carbocycles. The van der Waals surface area contributed by atoms with Crippen LogP contribution in [0.25, 0.3) is 10.9 Å². The number of piperidine rings is 1. The molecule has 0 radical (unpaired) electrons. The van der Waals surface area contributed by atoms with Crippen LogP contribution < -0.4 is 0 Å². The minimum absolute atomic E-state index is 0.525. The van der Waals surface area contributed by atoms with Crippen molar-refractivity contribution in [3.8, 4) is 0 Å². The zero-order valence-corrected chi connectivity index (χ0v) is 20.7. The van der Waals surface area contributed by atoms with E-state index in [-0.39, 0.29) is 0 Å². The highest BCUT2D eigenvalue weighted by Crippen LogP contribution is 2.28. The van der Waals surface area contributed by atoms with Crippen molar-refractivity contribution in [1.82, 2.24) is 24.6 Å². The van der Waals surface area contributed by atoms with Crippen LogP contribution in [0.15, 0.2) is 66.9 Å². The highest BCUT2D eigenvalue weighted by molar-refractivity contribution is 5.80. The number of para-hydroxylation sites is 1. The van der Waals surface area contributed by atoms with Crippen LogP contribution in [0.3, 0.4) is 0 Å². The molecule has 0 amide bonds. The van der Waals surface area contributed by atoms with Gasteiger partial charge in [-0.15, -0.1) is 0 Å². The number of hydrogen-bond donors (Lipinski definition) is 1. The van der Waals surface area contributed by atoms with Gasteiger partial charge < -0.3 is 4.98 Å². The Labute approximate surface area is 203 Å². The molecular formula is C29H37N5. The van der Waals surface area contributed by atoms with E-state index in [9.17, 15) is 0 Å². The van der Waals surface area contributed by atoms with Gasteiger partial charge in [0.2, 0.25) is 0 Å². The Morgan fingerprint density at radius 1 is 1.06 bits per heavy atom. The molecule has 178 valence electrons. The summed E-state index contributed by atoms with van der Waals surface area (Å²) in [7, 11) is 4.32. The molecule has 5 rings (SSSR count). The lowest BCUT2D eigenvalue weighted by Gasteiger charge is -2.40. The Kier molecular flexibility index (Phi) is 6.84. The van der Waals surface area contributed by atoms with Gasteiger partial charge in [0, 0.05) is 49.1 Å². The molecule has 0 saturated carbocycles. The highest BCUT2D eigenvalue weighted by atomic mass is 15.3. The van der Waals surface area contributed by atoms with Crippen LogP contribution >= 0.6 is 0 Å². The maximum Gasteiger partial charge on any atom is 0.0638 e. The molecule has 34 heavy (non-hydrogen) atoms. The molecule has 2 aromatic carbocycles. The number of likely N-dealkylation sites (N-methyl/N-ethyl adjacent to an activating group) is 1. The summed E-state index contributed by atoms with van der Waals surface area (Å²) in [4.78, 5) is 8.80. The van der Waals surface area contributed by atoms with E-state index in [1.807, 2.05) is 11.7 Å². The van der Waals surface area contributed by atoms with Crippen LogP contribution in [0.1, 0.15) is 35.4 Å². The van der Waals surface area contributed by atoms with Gasteiger partial charge in [-0.25, -0.2) is 0 Å². The minimum Gasteiger partial charge on any atom is -0.357 e. The van der Waals surface area contributed by atoms with Gasteiger partial charge >= 0.3 is 0 Å². The quantitative estimate of drug-likeness (QED) is 0.399. The van der Waals surface area contributed by atoms with Gasteiger partial charge in [-0.1, -0.05) is 48.5 Å². The second-order valence-corrected chi connectivity index (χ2v) is 10.1. The van der Waals surface area contributed by atoms with Gasteiger partial charge in [0.25, 0.3) is 0 Å². The summed E-state index contributed by atoms with van der Waals surface area (Å²) < 4.78 is 1.94. The molecule has 4 aromatic rings. The van der Waals surface area contributed by atoms with Crippen molar-refractivity contribution in [3.05, 3.63) is 89.4 Å². The number of aromatic nitrogens is 3. The molecule has 0 spiro atoms. The van der Waals surface area contributed by atoms with Gasteiger partial charge in [-0.3, -0.25) is 14.5 Å². The van der Waals surface area contributed by atoms with E-state index in [1.54, 1.807) is 0 Å². The van der Waals surface area contributed by atoms with Crippen molar-refractivity contribution in [1.29, 1.82) is 0 Å². The van der Waals surface area contributed by atoms with E-state index in [1.165, 1.54) is 40.6 Å². The second-order valence-electron chi connectivity index (χ2n) is 10.1. The minimum atomic E-state index is 0.525. The van der Waals surface area contributed by atoms with Crippen LogP contribution in [-0.2, 0) is 26.6 Å². The topological polar surface area (TPSA) is 40.1 Å². The number of likely N-dealkylation sites (tertiary alicyclic amines) is 1. The first-order valence-electron chi connectivity index (χ1n) is 12.6. The lowest BCUT2D eigenvalue weighted by Crippen LogP contribution is -2.45. The average Bonchev–Trinajstić information content (AvgIpc) is 3.39. The summed E-state index contributed by atoms with van der Waals surface area (Å²) in [6.45, 7) is 6.40. The largest absolute Gasteiger partial charge is 0.357 e. The smallest absolute Gasteiger partial charge is 0.0638 e. The molecule has 5 nitrogen and oxygen atoms in total. The molecule has 0 bridgehead atoms. The van der Waals surface area contributed by atoms with Crippen molar-refractivity contribution in [2.75, 3.05) is 20.1 Å². The monoisotopic (exact) mass is 455 g/mol. The first-order chi connectivity index (χ1) is 16.5. The summed E-state index contributed by atoms with van der Waals surface area (Å²) in [5.74, 6) is 0.696. The van der Waals surface area contributed by atoms with Gasteiger partial charge in [0.15, 0.2) is 0 Å². The van der Waals surface area contributed by atoms with Gasteiger partial charge in [-0.2, -0.15) is 5.10 Å². The fourth-order valence-corrected chi connectivity index (χ4v) is 5.68. The fraction of sp³-hybridized carbons (Fsp3) is 0.414.